The van der Waals surface area contributed by atoms with E-state index in [2.05, 4.69) is 12.2 Å². The van der Waals surface area contributed by atoms with Gasteiger partial charge in [-0.1, -0.05) is 25.1 Å². The van der Waals surface area contributed by atoms with E-state index in [0.29, 0.717) is 12.5 Å². The van der Waals surface area contributed by atoms with Crippen molar-refractivity contribution in [1.29, 1.82) is 0 Å². The van der Waals surface area contributed by atoms with E-state index < -0.39 is 0 Å². The Balaban J connectivity index is 1.94. The molecule has 0 bridgehead atoms. The summed E-state index contributed by atoms with van der Waals surface area (Å²) in [4.78, 5) is 12.0. The lowest BCUT2D eigenvalue weighted by atomic mass is 10.0. The van der Waals surface area contributed by atoms with Gasteiger partial charge in [-0.15, -0.1) is 0 Å². The van der Waals surface area contributed by atoms with Crippen molar-refractivity contribution in [3.05, 3.63) is 35.4 Å². The first-order valence-electron chi connectivity index (χ1n) is 6.34. The molecule has 2 rings (SSSR count). The Hall–Kier alpha value is -1.35. The third kappa shape index (κ3) is 3.07. The smallest absolute Gasteiger partial charge is 0.251 e. The number of aryl methyl sites for hydroxylation is 1. The molecule has 3 N–H and O–H groups in total. The first kappa shape index (κ1) is 12.1. The van der Waals surface area contributed by atoms with Crippen molar-refractivity contribution in [3.8, 4) is 0 Å². The average Bonchev–Trinajstić information content (AvgIpc) is 3.19. The van der Waals surface area contributed by atoms with Crippen molar-refractivity contribution in [2.45, 2.75) is 32.2 Å². The van der Waals surface area contributed by atoms with E-state index in [1.807, 2.05) is 24.3 Å². The monoisotopic (exact) mass is 232 g/mol. The van der Waals surface area contributed by atoms with Crippen LogP contribution in [0.1, 0.15) is 35.7 Å². The van der Waals surface area contributed by atoms with Gasteiger partial charge in [0.05, 0.1) is 0 Å². The van der Waals surface area contributed by atoms with Gasteiger partial charge in [-0.2, -0.15) is 0 Å². The van der Waals surface area contributed by atoms with E-state index in [1.165, 1.54) is 12.8 Å². The van der Waals surface area contributed by atoms with Crippen LogP contribution in [0.3, 0.4) is 0 Å². The number of amides is 1. The number of rotatable bonds is 5. The third-order valence-electron chi connectivity index (χ3n) is 3.37. The zero-order valence-electron chi connectivity index (χ0n) is 10.3. The van der Waals surface area contributed by atoms with E-state index in [4.69, 9.17) is 5.73 Å². The summed E-state index contributed by atoms with van der Waals surface area (Å²) in [6.45, 7) is 2.64. The van der Waals surface area contributed by atoms with Crippen LogP contribution < -0.4 is 11.1 Å². The Kier molecular flexibility index (Phi) is 3.79. The number of carbonyl (C=O) groups excluding carboxylic acids is 1. The van der Waals surface area contributed by atoms with Crippen LogP contribution in [0.4, 0.5) is 0 Å². The summed E-state index contributed by atoms with van der Waals surface area (Å²) in [7, 11) is 0. The summed E-state index contributed by atoms with van der Waals surface area (Å²) < 4.78 is 0. The van der Waals surface area contributed by atoms with E-state index in [0.717, 1.165) is 17.5 Å². The fourth-order valence-corrected chi connectivity index (χ4v) is 2.05. The van der Waals surface area contributed by atoms with Gasteiger partial charge in [0.25, 0.3) is 5.91 Å². The fourth-order valence-electron chi connectivity index (χ4n) is 2.05. The molecule has 92 valence electrons. The van der Waals surface area contributed by atoms with Crippen LogP contribution in [-0.4, -0.2) is 18.5 Å². The number of nitrogens with one attached hydrogen (secondary N) is 1. The normalized spacial score (nSPS) is 16.6. The molecule has 3 heteroatoms. The summed E-state index contributed by atoms with van der Waals surface area (Å²) in [6, 6.07) is 7.85. The molecule has 1 atom stereocenters. The Labute approximate surface area is 102 Å². The highest BCUT2D eigenvalue weighted by molar-refractivity contribution is 5.95. The number of hydrogen-bond acceptors (Lipinski definition) is 2. The molecule has 0 spiro atoms. The molecule has 1 aromatic carbocycles. The van der Waals surface area contributed by atoms with Crippen molar-refractivity contribution in [2.75, 3.05) is 6.54 Å². The number of nitrogens with two attached hydrogens (primary N) is 1. The molecule has 1 saturated carbocycles. The van der Waals surface area contributed by atoms with Gasteiger partial charge in [0.15, 0.2) is 0 Å². The van der Waals surface area contributed by atoms with Crippen molar-refractivity contribution < 1.29 is 4.79 Å². The molecular weight excluding hydrogens is 212 g/mol. The first-order chi connectivity index (χ1) is 8.22. The van der Waals surface area contributed by atoms with Crippen molar-refractivity contribution in [1.82, 2.24) is 5.32 Å². The lowest BCUT2D eigenvalue weighted by molar-refractivity contribution is 0.0949. The maximum atomic E-state index is 12.0. The van der Waals surface area contributed by atoms with Gasteiger partial charge in [-0.05, 0) is 36.8 Å². The molecule has 0 saturated heterocycles. The minimum atomic E-state index is -0.00134. The third-order valence-corrected chi connectivity index (χ3v) is 3.37. The Bertz CT molecular complexity index is 399. The predicted octanol–water partition coefficient (Wildman–Crippen LogP) is 1.72. The van der Waals surface area contributed by atoms with Crippen LogP contribution in [0.25, 0.3) is 0 Å². The fraction of sp³-hybridized carbons (Fsp3) is 0.500. The molecule has 3 nitrogen and oxygen atoms in total. The van der Waals surface area contributed by atoms with Crippen LogP contribution in [0, 0.1) is 5.92 Å². The standard InChI is InChI=1S/C14H20N2O/c1-2-10-5-3-4-6-12(10)14(17)16-9-13(15)11-7-8-11/h3-6,11,13H,2,7-9,15H2,1H3,(H,16,17). The molecule has 17 heavy (non-hydrogen) atoms. The van der Waals surface area contributed by atoms with Crippen LogP contribution >= 0.6 is 0 Å². The molecular formula is C14H20N2O. The highest BCUT2D eigenvalue weighted by atomic mass is 16.1. The van der Waals surface area contributed by atoms with Gasteiger partial charge in [0.1, 0.15) is 0 Å². The number of benzene rings is 1. The van der Waals surface area contributed by atoms with Gasteiger partial charge < -0.3 is 11.1 Å². The van der Waals surface area contributed by atoms with E-state index in [1.54, 1.807) is 0 Å². The summed E-state index contributed by atoms with van der Waals surface area (Å²) in [5.41, 5.74) is 7.83. The first-order valence-corrected chi connectivity index (χ1v) is 6.34. The zero-order valence-corrected chi connectivity index (χ0v) is 10.3. The molecule has 1 fully saturated rings. The second kappa shape index (κ2) is 5.32. The highest BCUT2D eigenvalue weighted by Crippen LogP contribution is 2.31. The van der Waals surface area contributed by atoms with E-state index in [-0.39, 0.29) is 11.9 Å². The predicted molar refractivity (Wildman–Crippen MR) is 68.9 cm³/mol. The Morgan fingerprint density at radius 1 is 1.47 bits per heavy atom. The van der Waals surface area contributed by atoms with Crippen molar-refractivity contribution in [2.24, 2.45) is 11.7 Å². The van der Waals surface area contributed by atoms with Crippen LogP contribution in [0.15, 0.2) is 24.3 Å². The van der Waals surface area contributed by atoms with Gasteiger partial charge in [-0.25, -0.2) is 0 Å². The molecule has 0 aliphatic heterocycles. The minimum absolute atomic E-state index is 0.00134. The maximum absolute atomic E-state index is 12.0. The van der Waals surface area contributed by atoms with E-state index >= 15 is 0 Å². The largest absolute Gasteiger partial charge is 0.350 e. The summed E-state index contributed by atoms with van der Waals surface area (Å²) in [6.07, 6.45) is 3.30. The molecule has 1 aromatic rings. The molecule has 1 aliphatic rings. The molecule has 1 amide bonds. The molecule has 0 heterocycles. The Morgan fingerprint density at radius 3 is 2.82 bits per heavy atom. The summed E-state index contributed by atoms with van der Waals surface area (Å²) in [5.74, 6) is 0.621. The second-order valence-corrected chi connectivity index (χ2v) is 4.72. The van der Waals surface area contributed by atoms with Crippen LogP contribution in [0.2, 0.25) is 0 Å². The lowest BCUT2D eigenvalue weighted by Gasteiger charge is -2.13. The topological polar surface area (TPSA) is 55.1 Å². The zero-order chi connectivity index (χ0) is 12.3. The average molecular weight is 232 g/mol. The Morgan fingerprint density at radius 2 is 2.18 bits per heavy atom. The highest BCUT2D eigenvalue weighted by Gasteiger charge is 2.28. The van der Waals surface area contributed by atoms with Gasteiger partial charge in [-0.3, -0.25) is 4.79 Å². The lowest BCUT2D eigenvalue weighted by Crippen LogP contribution is -2.38. The molecule has 0 radical (unpaired) electrons. The van der Waals surface area contributed by atoms with Crippen LogP contribution in [0.5, 0.6) is 0 Å². The van der Waals surface area contributed by atoms with E-state index in [9.17, 15) is 4.79 Å². The summed E-state index contributed by atoms with van der Waals surface area (Å²) >= 11 is 0. The number of hydrogen-bond donors (Lipinski definition) is 2. The molecule has 1 unspecified atom stereocenters. The van der Waals surface area contributed by atoms with Gasteiger partial charge >= 0.3 is 0 Å². The second-order valence-electron chi connectivity index (χ2n) is 4.72. The minimum Gasteiger partial charge on any atom is -0.350 e. The van der Waals surface area contributed by atoms with Crippen molar-refractivity contribution >= 4 is 5.91 Å². The van der Waals surface area contributed by atoms with Gasteiger partial charge in [0, 0.05) is 18.2 Å². The molecule has 0 aromatic heterocycles. The molecule has 1 aliphatic carbocycles. The van der Waals surface area contributed by atoms with Gasteiger partial charge in [0.2, 0.25) is 0 Å². The summed E-state index contributed by atoms with van der Waals surface area (Å²) in [5, 5.41) is 2.93. The quantitative estimate of drug-likeness (QED) is 0.812. The maximum Gasteiger partial charge on any atom is 0.251 e. The number of carbonyl (C=O) groups is 1. The SMILES string of the molecule is CCc1ccccc1C(=O)NCC(N)C1CC1. The van der Waals surface area contributed by atoms with Crippen LogP contribution in [-0.2, 0) is 6.42 Å². The van der Waals surface area contributed by atoms with Crippen molar-refractivity contribution in [3.63, 3.8) is 0 Å².